The largest absolute Gasteiger partial charge is 0.745 e. The summed E-state index contributed by atoms with van der Waals surface area (Å²) in [5.41, 5.74) is 0. The van der Waals surface area contributed by atoms with E-state index < -0.39 is 16.5 Å². The van der Waals surface area contributed by atoms with Crippen LogP contribution in [0.15, 0.2) is 0 Å². The molecule has 0 bridgehead atoms. The maximum Gasteiger partial charge on any atom is 0.745 e. The van der Waals surface area contributed by atoms with Crippen LogP contribution in [0.3, 0.4) is 0 Å². The molecule has 0 radical (unpaired) electrons. The standard InChI is InChI=1S/CH2Br2.O5P2/c2-1-3;1-6(2)5-7(3)4/h1H2;/p+2. The van der Waals surface area contributed by atoms with Gasteiger partial charge in [0, 0.05) is 9.13 Å². The molecular formula is CH4Br2O5P2+2. The monoisotopic (exact) mass is 316 g/mol. The van der Waals surface area contributed by atoms with E-state index in [1.54, 1.807) is 0 Å². The smallest absolute Gasteiger partial charge is 0.131 e. The summed E-state index contributed by atoms with van der Waals surface area (Å²) < 4.78 is 23.0. The third-order valence-electron chi connectivity index (χ3n) is 0.140. The van der Waals surface area contributed by atoms with Crippen LogP contribution in [0.5, 0.6) is 0 Å². The molecule has 0 saturated carbocycles. The molecule has 0 aromatic carbocycles. The Balaban J connectivity index is 0. The number of halogens is 2. The minimum Gasteiger partial charge on any atom is -0.131 e. The second kappa shape index (κ2) is 10.0. The molecular weight excluding hydrogens is 314 g/mol. The fraction of sp³-hybridized carbons (Fsp3) is 1.00. The van der Waals surface area contributed by atoms with Crippen LogP contribution in [-0.2, 0) is 13.4 Å². The van der Waals surface area contributed by atoms with Crippen molar-refractivity contribution in [1.82, 2.24) is 0 Å². The summed E-state index contributed by atoms with van der Waals surface area (Å²) in [6, 6.07) is 0. The number of hydrogen-bond acceptors (Lipinski definition) is 3. The number of alkyl halides is 2. The fourth-order valence-electron chi connectivity index (χ4n) is 0.0598. The van der Waals surface area contributed by atoms with Crippen molar-refractivity contribution in [1.29, 1.82) is 0 Å². The zero-order valence-corrected chi connectivity index (χ0v) is 9.44. The lowest BCUT2D eigenvalue weighted by atomic mass is 12.0. The molecule has 2 unspecified atom stereocenters. The summed E-state index contributed by atoms with van der Waals surface area (Å²) >= 11 is 6.12. The minimum atomic E-state index is -2.92. The zero-order chi connectivity index (χ0) is 8.57. The van der Waals surface area contributed by atoms with Crippen LogP contribution >= 0.6 is 48.4 Å². The van der Waals surface area contributed by atoms with Crippen molar-refractivity contribution in [2.75, 3.05) is 4.24 Å². The van der Waals surface area contributed by atoms with Gasteiger partial charge in [-0.15, -0.1) is 9.79 Å². The predicted molar refractivity (Wildman–Crippen MR) is 43.5 cm³/mol. The Morgan fingerprint density at radius 3 is 1.40 bits per heavy atom. The second-order valence-electron chi connectivity index (χ2n) is 0.658. The van der Waals surface area contributed by atoms with Gasteiger partial charge < -0.3 is 0 Å². The van der Waals surface area contributed by atoms with Crippen LogP contribution in [0.2, 0.25) is 0 Å². The van der Waals surface area contributed by atoms with Crippen LogP contribution in [0.25, 0.3) is 0 Å². The first-order valence-electron chi connectivity index (χ1n) is 1.66. The van der Waals surface area contributed by atoms with E-state index in [9.17, 15) is 9.13 Å². The van der Waals surface area contributed by atoms with Crippen molar-refractivity contribution in [2.24, 2.45) is 0 Å². The van der Waals surface area contributed by atoms with Gasteiger partial charge in [0.1, 0.15) is 0 Å². The summed E-state index contributed by atoms with van der Waals surface area (Å²) in [6.07, 6.45) is 0. The van der Waals surface area contributed by atoms with Gasteiger partial charge in [0.05, 0.1) is 4.24 Å². The highest BCUT2D eigenvalue weighted by Gasteiger charge is 2.31. The summed E-state index contributed by atoms with van der Waals surface area (Å²) in [4.78, 5) is 15.3. The molecule has 0 aliphatic carbocycles. The van der Waals surface area contributed by atoms with E-state index in [1.807, 2.05) is 0 Å². The average Bonchev–Trinajstić information content (AvgIpc) is 1.62. The highest BCUT2D eigenvalue weighted by atomic mass is 79.9. The molecule has 2 atom stereocenters. The third kappa shape index (κ3) is 23.0. The van der Waals surface area contributed by atoms with Gasteiger partial charge in [-0.25, -0.2) is 0 Å². The fourth-order valence-corrected chi connectivity index (χ4v) is 0.538. The molecule has 0 aliphatic heterocycles. The lowest BCUT2D eigenvalue weighted by Gasteiger charge is -1.50. The summed E-state index contributed by atoms with van der Waals surface area (Å²) in [7, 11) is -5.85. The van der Waals surface area contributed by atoms with Crippen molar-refractivity contribution >= 4 is 48.4 Å². The molecule has 0 aromatic heterocycles. The van der Waals surface area contributed by atoms with E-state index in [2.05, 4.69) is 36.2 Å². The lowest BCUT2D eigenvalue weighted by molar-refractivity contribution is 0.371. The van der Waals surface area contributed by atoms with E-state index in [4.69, 9.17) is 9.79 Å². The first-order valence-corrected chi connectivity index (χ1v) is 6.17. The van der Waals surface area contributed by atoms with Gasteiger partial charge in [0.15, 0.2) is 4.31 Å². The SMILES string of the molecule is BrCBr.O=[P+](O)O[P+](=O)O. The Morgan fingerprint density at radius 1 is 1.20 bits per heavy atom. The normalized spacial score (nSPS) is 11.2. The summed E-state index contributed by atoms with van der Waals surface area (Å²) in [6.45, 7) is 0. The van der Waals surface area contributed by atoms with Gasteiger partial charge >= 0.3 is 16.5 Å². The molecule has 0 aromatic rings. The van der Waals surface area contributed by atoms with Crippen LogP contribution in [0.4, 0.5) is 0 Å². The van der Waals surface area contributed by atoms with Crippen molar-refractivity contribution in [3.8, 4) is 0 Å². The molecule has 10 heavy (non-hydrogen) atoms. The van der Waals surface area contributed by atoms with E-state index >= 15 is 0 Å². The second-order valence-corrected chi connectivity index (χ2v) is 4.89. The van der Waals surface area contributed by atoms with Gasteiger partial charge in [0.25, 0.3) is 0 Å². The Labute approximate surface area is 75.9 Å². The van der Waals surface area contributed by atoms with E-state index in [0.29, 0.717) is 0 Å². The van der Waals surface area contributed by atoms with Gasteiger partial charge in [0.2, 0.25) is 0 Å². The Hall–Kier alpha value is 1.04. The van der Waals surface area contributed by atoms with Gasteiger partial charge in [-0.2, -0.15) is 0 Å². The highest BCUT2D eigenvalue weighted by Crippen LogP contribution is 2.30. The van der Waals surface area contributed by atoms with Crippen LogP contribution in [0.1, 0.15) is 0 Å². The molecule has 0 saturated heterocycles. The molecule has 60 valence electrons. The molecule has 2 N–H and O–H groups in total. The van der Waals surface area contributed by atoms with Gasteiger partial charge in [-0.3, -0.25) is 0 Å². The zero-order valence-electron chi connectivity index (χ0n) is 4.48. The molecule has 0 spiro atoms. The van der Waals surface area contributed by atoms with E-state index in [0.717, 1.165) is 4.24 Å². The van der Waals surface area contributed by atoms with Crippen molar-refractivity contribution in [3.63, 3.8) is 0 Å². The maximum atomic E-state index is 9.39. The lowest BCUT2D eigenvalue weighted by Crippen LogP contribution is -1.58. The van der Waals surface area contributed by atoms with Crippen molar-refractivity contribution in [2.45, 2.75) is 0 Å². The first kappa shape index (κ1) is 13.6. The Kier molecular flexibility index (Phi) is 13.7. The minimum absolute atomic E-state index is 0.875. The Bertz CT molecular complexity index is 104. The number of hydrogen-bond donors (Lipinski definition) is 2. The third-order valence-corrected chi connectivity index (χ3v) is 1.26. The van der Waals surface area contributed by atoms with Crippen molar-refractivity contribution < 1.29 is 23.2 Å². The topological polar surface area (TPSA) is 83.8 Å². The van der Waals surface area contributed by atoms with E-state index in [-0.39, 0.29) is 0 Å². The molecule has 0 rings (SSSR count). The highest BCUT2D eigenvalue weighted by molar-refractivity contribution is 9.24. The maximum absolute atomic E-state index is 9.39. The van der Waals surface area contributed by atoms with Crippen molar-refractivity contribution in [3.05, 3.63) is 0 Å². The Morgan fingerprint density at radius 2 is 1.40 bits per heavy atom. The molecule has 5 nitrogen and oxygen atoms in total. The molecule has 0 aliphatic rings. The van der Waals surface area contributed by atoms with Crippen LogP contribution in [-0.4, -0.2) is 14.0 Å². The molecule has 0 amide bonds. The molecule has 0 fully saturated rings. The van der Waals surface area contributed by atoms with Gasteiger partial charge in [-0.1, -0.05) is 31.9 Å². The van der Waals surface area contributed by atoms with Gasteiger partial charge in [-0.05, 0) is 0 Å². The summed E-state index contributed by atoms with van der Waals surface area (Å²) in [5.74, 6) is 0. The van der Waals surface area contributed by atoms with E-state index in [1.165, 1.54) is 0 Å². The average molecular weight is 318 g/mol. The predicted octanol–water partition coefficient (Wildman–Crippen LogP) is 2.04. The summed E-state index contributed by atoms with van der Waals surface area (Å²) in [5, 5.41) is 0. The van der Waals surface area contributed by atoms with Crippen LogP contribution < -0.4 is 0 Å². The first-order chi connectivity index (χ1) is 4.54. The quantitative estimate of drug-likeness (QED) is 0.601. The number of rotatable bonds is 2. The van der Waals surface area contributed by atoms with Crippen LogP contribution in [0, 0.1) is 0 Å². The molecule has 9 heteroatoms. The molecule has 0 heterocycles.